The van der Waals surface area contributed by atoms with Crippen molar-refractivity contribution >= 4 is 11.8 Å². The molecule has 0 bridgehead atoms. The van der Waals surface area contributed by atoms with E-state index in [9.17, 15) is 9.59 Å². The van der Waals surface area contributed by atoms with Crippen molar-refractivity contribution in [3.63, 3.8) is 0 Å². The average Bonchev–Trinajstić information content (AvgIpc) is 2.92. The van der Waals surface area contributed by atoms with E-state index in [0.29, 0.717) is 25.1 Å². The predicted octanol–water partition coefficient (Wildman–Crippen LogP) is 3.74. The lowest BCUT2D eigenvalue weighted by molar-refractivity contribution is -0.127. The molecule has 1 atom stereocenters. The molecule has 0 saturated heterocycles. The Labute approximate surface area is 166 Å². The molecule has 5 heteroatoms. The summed E-state index contributed by atoms with van der Waals surface area (Å²) in [5.74, 6) is 0.576. The van der Waals surface area contributed by atoms with Crippen LogP contribution in [-0.4, -0.2) is 35.4 Å². The van der Waals surface area contributed by atoms with Crippen molar-refractivity contribution in [1.82, 2.24) is 10.2 Å². The molecule has 148 valence electrons. The lowest BCUT2D eigenvalue weighted by Gasteiger charge is -2.29. The van der Waals surface area contributed by atoms with Gasteiger partial charge in [0, 0.05) is 17.6 Å². The maximum Gasteiger partial charge on any atom is 0.255 e. The first-order chi connectivity index (χ1) is 13.3. The minimum Gasteiger partial charge on any atom is -0.494 e. The lowest BCUT2D eigenvalue weighted by atomic mass is 10.0. The summed E-state index contributed by atoms with van der Waals surface area (Å²) >= 11 is 0. The topological polar surface area (TPSA) is 58.6 Å². The molecule has 1 N–H and O–H groups in total. The summed E-state index contributed by atoms with van der Waals surface area (Å²) in [5.41, 5.74) is 2.04. The first-order valence-corrected chi connectivity index (χ1v) is 9.74. The molecule has 1 heterocycles. The second kappa shape index (κ2) is 8.05. The Morgan fingerprint density at radius 3 is 2.50 bits per heavy atom. The van der Waals surface area contributed by atoms with Gasteiger partial charge in [-0.25, -0.2) is 0 Å². The van der Waals surface area contributed by atoms with Gasteiger partial charge in [0.2, 0.25) is 5.91 Å². The summed E-state index contributed by atoms with van der Waals surface area (Å²) in [5, 5.41) is 3.02. The van der Waals surface area contributed by atoms with Gasteiger partial charge in [0.1, 0.15) is 11.8 Å². The van der Waals surface area contributed by atoms with Crippen molar-refractivity contribution in [2.75, 3.05) is 13.2 Å². The maximum atomic E-state index is 13.0. The van der Waals surface area contributed by atoms with E-state index in [2.05, 4.69) is 5.32 Å². The van der Waals surface area contributed by atoms with Crippen LogP contribution in [0.1, 0.15) is 55.2 Å². The van der Waals surface area contributed by atoms with Crippen LogP contribution in [0.15, 0.2) is 48.5 Å². The molecule has 3 rings (SSSR count). The van der Waals surface area contributed by atoms with Crippen LogP contribution in [0.3, 0.4) is 0 Å². The summed E-state index contributed by atoms with van der Waals surface area (Å²) in [6.45, 7) is 8.80. The Balaban J connectivity index is 1.86. The zero-order valence-electron chi connectivity index (χ0n) is 17.0. The van der Waals surface area contributed by atoms with Gasteiger partial charge in [-0.1, -0.05) is 36.4 Å². The van der Waals surface area contributed by atoms with Gasteiger partial charge in [-0.15, -0.1) is 0 Å². The lowest BCUT2D eigenvalue weighted by Crippen LogP contribution is -2.47. The standard InChI is InChI=1S/C23H28N2O3/c1-5-28-19-13-9-6-10-16(19)14-15-25-20(21(26)24-23(2,3)4)17-11-7-8-12-18(17)22(25)27/h6-13,20H,5,14-15H2,1-4H3,(H,24,26). The fraction of sp³-hybridized carbons (Fsp3) is 0.391. The largest absolute Gasteiger partial charge is 0.494 e. The number of carbonyl (C=O) groups excluding carboxylic acids is 2. The normalized spacial score (nSPS) is 16.1. The second-order valence-electron chi connectivity index (χ2n) is 8.02. The van der Waals surface area contributed by atoms with Crippen LogP contribution in [0, 0.1) is 0 Å². The van der Waals surface area contributed by atoms with Crippen molar-refractivity contribution in [2.24, 2.45) is 0 Å². The quantitative estimate of drug-likeness (QED) is 0.831. The molecule has 1 aliphatic rings. The summed E-state index contributed by atoms with van der Waals surface area (Å²) in [6.07, 6.45) is 0.620. The van der Waals surface area contributed by atoms with Gasteiger partial charge in [0.15, 0.2) is 0 Å². The Hall–Kier alpha value is -2.82. The number of nitrogens with one attached hydrogen (secondary N) is 1. The van der Waals surface area contributed by atoms with Crippen LogP contribution in [0.4, 0.5) is 0 Å². The molecule has 0 aromatic heterocycles. The van der Waals surface area contributed by atoms with Gasteiger partial charge < -0.3 is 15.0 Å². The van der Waals surface area contributed by atoms with Crippen molar-refractivity contribution < 1.29 is 14.3 Å². The number of hydrogen-bond donors (Lipinski definition) is 1. The minimum atomic E-state index is -0.609. The SMILES string of the molecule is CCOc1ccccc1CCN1C(=O)c2ccccc2C1C(=O)NC(C)(C)C. The van der Waals surface area contributed by atoms with E-state index in [1.807, 2.05) is 70.2 Å². The van der Waals surface area contributed by atoms with Gasteiger partial charge in [-0.05, 0) is 57.4 Å². The molecular weight excluding hydrogens is 352 g/mol. The highest BCUT2D eigenvalue weighted by atomic mass is 16.5. The van der Waals surface area contributed by atoms with E-state index in [1.165, 1.54) is 0 Å². The van der Waals surface area contributed by atoms with Crippen LogP contribution in [0.25, 0.3) is 0 Å². The third-order valence-electron chi connectivity index (χ3n) is 4.70. The average molecular weight is 380 g/mol. The van der Waals surface area contributed by atoms with E-state index in [0.717, 1.165) is 16.9 Å². The summed E-state index contributed by atoms with van der Waals surface area (Å²) < 4.78 is 5.70. The molecule has 5 nitrogen and oxygen atoms in total. The van der Waals surface area contributed by atoms with Crippen LogP contribution >= 0.6 is 0 Å². The maximum absolute atomic E-state index is 13.0. The minimum absolute atomic E-state index is 0.0986. The van der Waals surface area contributed by atoms with Gasteiger partial charge >= 0.3 is 0 Å². The van der Waals surface area contributed by atoms with Crippen LogP contribution in [0.2, 0.25) is 0 Å². The number of rotatable bonds is 6. The first-order valence-electron chi connectivity index (χ1n) is 9.74. The molecule has 1 aliphatic heterocycles. The summed E-state index contributed by atoms with van der Waals surface area (Å²) in [6, 6.07) is 14.6. The van der Waals surface area contributed by atoms with Gasteiger partial charge in [0.25, 0.3) is 5.91 Å². The number of amides is 2. The molecule has 2 amide bonds. The number of fused-ring (bicyclic) bond motifs is 1. The molecule has 2 aromatic rings. The number of ether oxygens (including phenoxy) is 1. The van der Waals surface area contributed by atoms with Crippen LogP contribution in [0.5, 0.6) is 5.75 Å². The number of nitrogens with zero attached hydrogens (tertiary/aromatic N) is 1. The molecule has 0 saturated carbocycles. The Morgan fingerprint density at radius 2 is 1.79 bits per heavy atom. The highest BCUT2D eigenvalue weighted by Crippen LogP contribution is 2.34. The third kappa shape index (κ3) is 4.19. The second-order valence-corrected chi connectivity index (χ2v) is 8.02. The van der Waals surface area contributed by atoms with E-state index in [1.54, 1.807) is 11.0 Å². The highest BCUT2D eigenvalue weighted by Gasteiger charge is 2.41. The number of hydrogen-bond acceptors (Lipinski definition) is 3. The Morgan fingerprint density at radius 1 is 1.11 bits per heavy atom. The Kier molecular flexibility index (Phi) is 5.73. The van der Waals surface area contributed by atoms with E-state index < -0.39 is 6.04 Å². The number of carbonyl (C=O) groups is 2. The third-order valence-corrected chi connectivity index (χ3v) is 4.70. The molecular formula is C23H28N2O3. The predicted molar refractivity (Wildman–Crippen MR) is 109 cm³/mol. The van der Waals surface area contributed by atoms with Crippen LogP contribution in [-0.2, 0) is 11.2 Å². The van der Waals surface area contributed by atoms with Crippen molar-refractivity contribution in [1.29, 1.82) is 0 Å². The zero-order valence-corrected chi connectivity index (χ0v) is 17.0. The summed E-state index contributed by atoms with van der Waals surface area (Å²) in [7, 11) is 0. The number of benzene rings is 2. The number of para-hydroxylation sites is 1. The van der Waals surface area contributed by atoms with Crippen molar-refractivity contribution in [3.05, 3.63) is 65.2 Å². The first kappa shape index (κ1) is 19.9. The van der Waals surface area contributed by atoms with Crippen LogP contribution < -0.4 is 10.1 Å². The Bertz CT molecular complexity index is 870. The molecule has 0 fully saturated rings. The molecule has 0 radical (unpaired) electrons. The molecule has 1 unspecified atom stereocenters. The van der Waals surface area contributed by atoms with E-state index >= 15 is 0 Å². The van der Waals surface area contributed by atoms with Gasteiger partial charge in [0.05, 0.1) is 6.61 Å². The van der Waals surface area contributed by atoms with E-state index in [4.69, 9.17) is 4.74 Å². The van der Waals surface area contributed by atoms with E-state index in [-0.39, 0.29) is 17.4 Å². The molecule has 0 aliphatic carbocycles. The fourth-order valence-electron chi connectivity index (χ4n) is 3.57. The van der Waals surface area contributed by atoms with Gasteiger partial charge in [-0.3, -0.25) is 9.59 Å². The smallest absolute Gasteiger partial charge is 0.255 e. The van der Waals surface area contributed by atoms with Crippen molar-refractivity contribution in [2.45, 2.75) is 45.7 Å². The van der Waals surface area contributed by atoms with Crippen molar-refractivity contribution in [3.8, 4) is 5.75 Å². The molecule has 0 spiro atoms. The molecule has 2 aromatic carbocycles. The fourth-order valence-corrected chi connectivity index (χ4v) is 3.57. The molecule has 28 heavy (non-hydrogen) atoms. The van der Waals surface area contributed by atoms with Gasteiger partial charge in [-0.2, -0.15) is 0 Å². The monoisotopic (exact) mass is 380 g/mol. The zero-order chi connectivity index (χ0) is 20.3. The summed E-state index contributed by atoms with van der Waals surface area (Å²) in [4.78, 5) is 27.7. The highest BCUT2D eigenvalue weighted by molar-refractivity contribution is 6.04.